The molecule has 2 amide bonds. The lowest BCUT2D eigenvalue weighted by Crippen LogP contribution is -2.50. The highest BCUT2D eigenvalue weighted by molar-refractivity contribution is 5.83. The summed E-state index contributed by atoms with van der Waals surface area (Å²) in [6, 6.07) is 16.9. The predicted molar refractivity (Wildman–Crippen MR) is 138 cm³/mol. The molecule has 5 rings (SSSR count). The number of halogens is 1. The van der Waals surface area contributed by atoms with Crippen LogP contribution in [0, 0.1) is 5.82 Å². The Morgan fingerprint density at radius 3 is 2.44 bits per heavy atom. The second-order valence-corrected chi connectivity index (χ2v) is 10.2. The first-order valence-corrected chi connectivity index (χ1v) is 13.1. The number of fused-ring (bicyclic) bond motifs is 1. The lowest BCUT2D eigenvalue weighted by atomic mass is 10.0. The Kier molecular flexibility index (Phi) is 7.53. The highest BCUT2D eigenvalue weighted by atomic mass is 19.1. The number of likely N-dealkylation sites (N-methyl/N-ethyl adjacent to an activating group) is 1. The fraction of sp³-hybridized carbons (Fsp3) is 0.500. The molecule has 3 fully saturated rings. The van der Waals surface area contributed by atoms with Crippen molar-refractivity contribution in [2.75, 3.05) is 51.2 Å². The molecule has 1 N–H and O–H groups in total. The Bertz CT molecular complexity index is 1040. The Balaban J connectivity index is 1.14. The van der Waals surface area contributed by atoms with Gasteiger partial charge in [-0.1, -0.05) is 30.3 Å². The number of likely N-dealkylation sites (tertiary alicyclic amines) is 1. The minimum absolute atomic E-state index is 0.0531. The van der Waals surface area contributed by atoms with E-state index >= 15 is 0 Å². The molecule has 0 aromatic heterocycles. The van der Waals surface area contributed by atoms with Gasteiger partial charge in [0.05, 0.1) is 0 Å². The zero-order valence-electron chi connectivity index (χ0n) is 21.0. The van der Waals surface area contributed by atoms with Crippen molar-refractivity contribution in [2.45, 2.75) is 43.9 Å². The standard InChI is InChI=1S/C28H36FN5O2/c1-31-24(11-12-26(35)33-17-15-32(16-18-33)23-5-3-2-4-6-23)19-30-28(36)27-25(31)13-14-34(27)20-21-7-9-22(29)10-8-21/h2-10,24-25,27H,11-20H2,1H3,(H,30,36)/t24-,25-,27-/m0/s1. The molecule has 0 spiro atoms. The van der Waals surface area contributed by atoms with Crippen molar-refractivity contribution in [3.63, 3.8) is 0 Å². The molecule has 192 valence electrons. The first-order valence-electron chi connectivity index (χ1n) is 13.1. The molecule has 3 aliphatic heterocycles. The van der Waals surface area contributed by atoms with Crippen molar-refractivity contribution in [1.82, 2.24) is 20.0 Å². The number of carbonyl (C=O) groups excluding carboxylic acids is 2. The van der Waals surface area contributed by atoms with Crippen LogP contribution in [0.2, 0.25) is 0 Å². The van der Waals surface area contributed by atoms with Gasteiger partial charge in [-0.3, -0.25) is 19.4 Å². The van der Waals surface area contributed by atoms with Crippen molar-refractivity contribution < 1.29 is 14.0 Å². The maximum absolute atomic E-state index is 13.3. The number of benzene rings is 2. The van der Waals surface area contributed by atoms with Crippen molar-refractivity contribution in [1.29, 1.82) is 0 Å². The van der Waals surface area contributed by atoms with Crippen LogP contribution < -0.4 is 10.2 Å². The lowest BCUT2D eigenvalue weighted by molar-refractivity contribution is -0.132. The normalized spacial score (nSPS) is 25.4. The molecule has 7 nitrogen and oxygen atoms in total. The Morgan fingerprint density at radius 2 is 1.72 bits per heavy atom. The summed E-state index contributed by atoms with van der Waals surface area (Å²) in [4.78, 5) is 34.9. The summed E-state index contributed by atoms with van der Waals surface area (Å²) in [7, 11) is 2.09. The summed E-state index contributed by atoms with van der Waals surface area (Å²) in [6.45, 7) is 5.19. The first kappa shape index (κ1) is 24.7. The minimum atomic E-state index is -0.250. The smallest absolute Gasteiger partial charge is 0.239 e. The van der Waals surface area contributed by atoms with E-state index in [1.54, 1.807) is 12.1 Å². The fourth-order valence-corrected chi connectivity index (χ4v) is 5.95. The van der Waals surface area contributed by atoms with Crippen LogP contribution in [0.3, 0.4) is 0 Å². The zero-order chi connectivity index (χ0) is 25.1. The average Bonchev–Trinajstić information content (AvgIpc) is 3.28. The van der Waals surface area contributed by atoms with E-state index in [2.05, 4.69) is 39.2 Å². The third kappa shape index (κ3) is 5.39. The van der Waals surface area contributed by atoms with Crippen molar-refractivity contribution in [2.24, 2.45) is 0 Å². The van der Waals surface area contributed by atoms with Gasteiger partial charge in [0.1, 0.15) is 11.9 Å². The van der Waals surface area contributed by atoms with Gasteiger partial charge in [-0.05, 0) is 49.7 Å². The molecule has 3 aliphatic rings. The molecule has 8 heteroatoms. The molecule has 3 heterocycles. The third-order valence-electron chi connectivity index (χ3n) is 8.09. The van der Waals surface area contributed by atoms with Gasteiger partial charge in [-0.25, -0.2) is 4.39 Å². The van der Waals surface area contributed by atoms with Gasteiger partial charge in [-0.15, -0.1) is 0 Å². The van der Waals surface area contributed by atoms with E-state index in [0.29, 0.717) is 19.5 Å². The third-order valence-corrected chi connectivity index (χ3v) is 8.09. The number of piperazine rings is 1. The number of hydrogen-bond donors (Lipinski definition) is 1. The molecule has 0 unspecified atom stereocenters. The zero-order valence-corrected chi connectivity index (χ0v) is 21.0. The molecule has 36 heavy (non-hydrogen) atoms. The van der Waals surface area contributed by atoms with Gasteiger partial charge >= 0.3 is 0 Å². The van der Waals surface area contributed by atoms with Gasteiger partial charge in [0, 0.05) is 70.0 Å². The van der Waals surface area contributed by atoms with E-state index in [-0.39, 0.29) is 35.8 Å². The molecule has 3 atom stereocenters. The minimum Gasteiger partial charge on any atom is -0.368 e. The Labute approximate surface area is 212 Å². The number of carbonyl (C=O) groups is 2. The van der Waals surface area contributed by atoms with E-state index in [4.69, 9.17) is 0 Å². The number of nitrogens with one attached hydrogen (secondary N) is 1. The van der Waals surface area contributed by atoms with Crippen molar-refractivity contribution >= 4 is 17.5 Å². The fourth-order valence-electron chi connectivity index (χ4n) is 5.95. The molecule has 3 saturated heterocycles. The second kappa shape index (κ2) is 11.0. The van der Waals surface area contributed by atoms with Crippen LogP contribution in [-0.2, 0) is 16.1 Å². The monoisotopic (exact) mass is 493 g/mol. The molecule has 2 aromatic carbocycles. The van der Waals surface area contributed by atoms with Crippen LogP contribution in [0.15, 0.2) is 54.6 Å². The number of para-hydroxylation sites is 1. The largest absolute Gasteiger partial charge is 0.368 e. The maximum atomic E-state index is 13.3. The first-order chi connectivity index (χ1) is 17.5. The van der Waals surface area contributed by atoms with E-state index in [9.17, 15) is 14.0 Å². The summed E-state index contributed by atoms with van der Waals surface area (Å²) >= 11 is 0. The number of nitrogens with zero attached hydrogens (tertiary/aromatic N) is 4. The SMILES string of the molecule is CN1[C@@H](CCC(=O)N2CCN(c3ccccc3)CC2)CNC(=O)[C@@H]2[C@@H]1CCN2Cc1ccc(F)cc1. The highest BCUT2D eigenvalue weighted by Gasteiger charge is 2.45. The number of amides is 2. The highest BCUT2D eigenvalue weighted by Crippen LogP contribution is 2.29. The summed E-state index contributed by atoms with van der Waals surface area (Å²) in [5, 5.41) is 3.13. The van der Waals surface area contributed by atoms with Gasteiger partial charge in [0.25, 0.3) is 0 Å². The maximum Gasteiger partial charge on any atom is 0.239 e. The van der Waals surface area contributed by atoms with Gasteiger partial charge in [0.2, 0.25) is 11.8 Å². The number of anilines is 1. The molecular weight excluding hydrogens is 457 g/mol. The average molecular weight is 494 g/mol. The lowest BCUT2D eigenvalue weighted by Gasteiger charge is -2.37. The van der Waals surface area contributed by atoms with Gasteiger partial charge in [0.15, 0.2) is 0 Å². The topological polar surface area (TPSA) is 59.1 Å². The molecule has 0 radical (unpaired) electrons. The number of hydrogen-bond acceptors (Lipinski definition) is 5. The van der Waals surface area contributed by atoms with Crippen LogP contribution in [0.1, 0.15) is 24.8 Å². The molecular formula is C28H36FN5O2. The van der Waals surface area contributed by atoms with Crippen LogP contribution in [-0.4, -0.2) is 91.0 Å². The quantitative estimate of drug-likeness (QED) is 0.670. The number of rotatable bonds is 6. The van der Waals surface area contributed by atoms with E-state index in [1.165, 1.54) is 17.8 Å². The van der Waals surface area contributed by atoms with Gasteiger partial charge < -0.3 is 15.1 Å². The summed E-state index contributed by atoms with van der Waals surface area (Å²) < 4.78 is 13.3. The summed E-state index contributed by atoms with van der Waals surface area (Å²) in [5.41, 5.74) is 2.21. The molecule has 2 aromatic rings. The Morgan fingerprint density at radius 1 is 1.00 bits per heavy atom. The molecule has 0 bridgehead atoms. The summed E-state index contributed by atoms with van der Waals surface area (Å²) in [6.07, 6.45) is 2.13. The molecule has 0 saturated carbocycles. The molecule has 0 aliphatic carbocycles. The Hall–Kier alpha value is -2.97. The van der Waals surface area contributed by atoms with Crippen LogP contribution in [0.5, 0.6) is 0 Å². The second-order valence-electron chi connectivity index (χ2n) is 10.2. The van der Waals surface area contributed by atoms with E-state index < -0.39 is 0 Å². The van der Waals surface area contributed by atoms with E-state index in [0.717, 1.165) is 51.1 Å². The van der Waals surface area contributed by atoms with Crippen LogP contribution in [0.4, 0.5) is 10.1 Å². The van der Waals surface area contributed by atoms with Crippen molar-refractivity contribution in [3.8, 4) is 0 Å². The van der Waals surface area contributed by atoms with Crippen LogP contribution >= 0.6 is 0 Å². The van der Waals surface area contributed by atoms with Crippen LogP contribution in [0.25, 0.3) is 0 Å². The predicted octanol–water partition coefficient (Wildman–Crippen LogP) is 2.33. The van der Waals surface area contributed by atoms with E-state index in [1.807, 2.05) is 23.1 Å². The van der Waals surface area contributed by atoms with Crippen molar-refractivity contribution in [3.05, 3.63) is 66.0 Å². The van der Waals surface area contributed by atoms with Gasteiger partial charge in [-0.2, -0.15) is 0 Å². The summed E-state index contributed by atoms with van der Waals surface area (Å²) in [5.74, 6) is 0.00497.